The first-order valence-corrected chi connectivity index (χ1v) is 11.6. The lowest BCUT2D eigenvalue weighted by atomic mass is 9.97. The number of likely N-dealkylation sites (tertiary alicyclic amines) is 1. The number of hydrogen-bond acceptors (Lipinski definition) is 5. The van der Waals surface area contributed by atoms with Crippen LogP contribution in [0.5, 0.6) is 0 Å². The molecule has 8 heteroatoms. The van der Waals surface area contributed by atoms with E-state index >= 15 is 0 Å². The van der Waals surface area contributed by atoms with Crippen molar-refractivity contribution in [3.63, 3.8) is 0 Å². The molecule has 1 saturated heterocycles. The van der Waals surface area contributed by atoms with Gasteiger partial charge in [-0.3, -0.25) is 14.4 Å². The quantitative estimate of drug-likeness (QED) is 0.629. The van der Waals surface area contributed by atoms with Gasteiger partial charge in [-0.05, 0) is 50.8 Å². The fourth-order valence-corrected chi connectivity index (χ4v) is 4.52. The Morgan fingerprint density at radius 3 is 2.70 bits per heavy atom. The fraction of sp³-hybridized carbons (Fsp3) is 0.440. The zero-order valence-electron chi connectivity index (χ0n) is 19.1. The summed E-state index contributed by atoms with van der Waals surface area (Å²) in [5, 5.41) is 9.42. The van der Waals surface area contributed by atoms with Gasteiger partial charge in [-0.2, -0.15) is 0 Å². The van der Waals surface area contributed by atoms with Gasteiger partial charge in [0.25, 0.3) is 5.91 Å². The fourth-order valence-electron chi connectivity index (χ4n) is 4.52. The van der Waals surface area contributed by atoms with E-state index in [-0.39, 0.29) is 30.2 Å². The van der Waals surface area contributed by atoms with Crippen molar-refractivity contribution in [3.8, 4) is 0 Å². The van der Waals surface area contributed by atoms with Crippen LogP contribution in [0.3, 0.4) is 0 Å². The van der Waals surface area contributed by atoms with E-state index in [9.17, 15) is 14.4 Å². The molecule has 1 aromatic heterocycles. The Morgan fingerprint density at radius 1 is 1.12 bits per heavy atom. The summed E-state index contributed by atoms with van der Waals surface area (Å²) in [6.07, 6.45) is 4.49. The van der Waals surface area contributed by atoms with Crippen molar-refractivity contribution in [2.24, 2.45) is 0 Å². The lowest BCUT2D eigenvalue weighted by molar-refractivity contribution is -0.139. The molecule has 1 spiro atoms. The topological polar surface area (TPSA) is 103 Å². The summed E-state index contributed by atoms with van der Waals surface area (Å²) in [5.41, 5.74) is 0.979. The van der Waals surface area contributed by atoms with E-state index in [2.05, 4.69) is 33.1 Å². The third-order valence-corrected chi connectivity index (χ3v) is 6.57. The highest BCUT2D eigenvalue weighted by molar-refractivity contribution is 6.01. The minimum Gasteiger partial charge on any atom is -0.352 e. The number of carbonyl (C=O) groups is 3. The first-order chi connectivity index (χ1) is 15.9. The van der Waals surface area contributed by atoms with Crippen molar-refractivity contribution in [3.05, 3.63) is 59.8 Å². The van der Waals surface area contributed by atoms with Gasteiger partial charge in [-0.15, -0.1) is 0 Å². The van der Waals surface area contributed by atoms with Gasteiger partial charge in [0.15, 0.2) is 0 Å². The summed E-state index contributed by atoms with van der Waals surface area (Å²) >= 11 is 0. The third kappa shape index (κ3) is 5.16. The zero-order valence-corrected chi connectivity index (χ0v) is 19.1. The molecule has 2 aromatic rings. The molecule has 0 bridgehead atoms. The zero-order chi connectivity index (χ0) is 23.4. The van der Waals surface area contributed by atoms with Gasteiger partial charge in [0.2, 0.25) is 11.8 Å². The maximum Gasteiger partial charge on any atom is 0.256 e. The minimum absolute atomic E-state index is 0.00421. The molecule has 3 N–H and O–H groups in total. The predicted molar refractivity (Wildman–Crippen MR) is 125 cm³/mol. The van der Waals surface area contributed by atoms with E-state index < -0.39 is 11.7 Å². The van der Waals surface area contributed by atoms with Crippen LogP contribution in [0.1, 0.15) is 55.5 Å². The predicted octanol–water partition coefficient (Wildman–Crippen LogP) is 2.47. The number of carbonyl (C=O) groups excluding carboxylic acids is 3. The van der Waals surface area contributed by atoms with E-state index in [0.717, 1.165) is 12.8 Å². The van der Waals surface area contributed by atoms with Gasteiger partial charge in [-0.25, -0.2) is 4.98 Å². The van der Waals surface area contributed by atoms with Crippen LogP contribution in [0.4, 0.5) is 5.82 Å². The number of nitrogens with zero attached hydrogens (tertiary/aromatic N) is 2. The van der Waals surface area contributed by atoms with E-state index in [1.807, 2.05) is 25.1 Å². The number of amides is 3. The lowest BCUT2D eigenvalue weighted by Crippen LogP contribution is -2.58. The number of nitrogens with one attached hydrogen (secondary N) is 3. The molecule has 0 saturated carbocycles. The molecule has 33 heavy (non-hydrogen) atoms. The molecule has 2 aliphatic heterocycles. The maximum absolute atomic E-state index is 12.9. The van der Waals surface area contributed by atoms with Crippen LogP contribution in [-0.2, 0) is 16.0 Å². The van der Waals surface area contributed by atoms with Crippen LogP contribution in [0.25, 0.3) is 0 Å². The first kappa shape index (κ1) is 22.8. The molecular weight excluding hydrogens is 418 g/mol. The SMILES string of the molecule is CC(CCc1ccccc1)NC(=O)C(C)N1CCC2(CCC1=O)NC(=O)c1cccnc1N2. The molecule has 3 heterocycles. The maximum atomic E-state index is 12.9. The molecule has 2 aliphatic rings. The number of anilines is 1. The number of fused-ring (bicyclic) bond motifs is 1. The van der Waals surface area contributed by atoms with E-state index in [1.165, 1.54) is 5.56 Å². The summed E-state index contributed by atoms with van der Waals surface area (Å²) in [6.45, 7) is 4.11. The summed E-state index contributed by atoms with van der Waals surface area (Å²) in [6, 6.07) is 13.0. The van der Waals surface area contributed by atoms with Gasteiger partial charge >= 0.3 is 0 Å². The number of pyridine rings is 1. The van der Waals surface area contributed by atoms with Gasteiger partial charge in [0.1, 0.15) is 17.5 Å². The monoisotopic (exact) mass is 449 g/mol. The summed E-state index contributed by atoms with van der Waals surface area (Å²) in [7, 11) is 0. The molecular formula is C25H31N5O3. The number of rotatable bonds is 6. The number of aryl methyl sites for hydroxylation is 1. The van der Waals surface area contributed by atoms with Gasteiger partial charge in [0.05, 0.1) is 5.56 Å². The minimum atomic E-state index is -0.748. The van der Waals surface area contributed by atoms with Crippen molar-refractivity contribution >= 4 is 23.5 Å². The molecule has 0 aliphatic carbocycles. The highest BCUT2D eigenvalue weighted by Crippen LogP contribution is 2.30. The molecule has 1 aromatic carbocycles. The van der Waals surface area contributed by atoms with Crippen molar-refractivity contribution < 1.29 is 14.4 Å². The third-order valence-electron chi connectivity index (χ3n) is 6.57. The van der Waals surface area contributed by atoms with Crippen LogP contribution in [0.15, 0.2) is 48.7 Å². The van der Waals surface area contributed by atoms with E-state index in [0.29, 0.717) is 30.8 Å². The second kappa shape index (κ2) is 9.60. The summed E-state index contributed by atoms with van der Waals surface area (Å²) in [4.78, 5) is 44.3. The number of benzene rings is 1. The smallest absolute Gasteiger partial charge is 0.256 e. The van der Waals surface area contributed by atoms with Crippen LogP contribution < -0.4 is 16.0 Å². The average molecular weight is 450 g/mol. The molecule has 1 fully saturated rings. The Hall–Kier alpha value is -3.42. The van der Waals surface area contributed by atoms with Crippen LogP contribution in [-0.4, -0.2) is 51.9 Å². The van der Waals surface area contributed by atoms with Gasteiger partial charge < -0.3 is 20.9 Å². The molecule has 8 nitrogen and oxygen atoms in total. The molecule has 4 rings (SSSR count). The molecule has 3 unspecified atom stereocenters. The van der Waals surface area contributed by atoms with Crippen molar-refractivity contribution in [2.75, 3.05) is 11.9 Å². The highest BCUT2D eigenvalue weighted by atomic mass is 16.2. The Morgan fingerprint density at radius 2 is 1.91 bits per heavy atom. The standard InChI is InChI=1S/C25H31N5O3/c1-17(10-11-19-7-4-3-5-8-19)27-23(32)18(2)30-16-14-25(13-12-21(30)31)28-22-20(24(33)29-25)9-6-15-26-22/h3-9,15,17-18H,10-14,16H2,1-2H3,(H,26,28)(H,27,32)(H,29,33). The van der Waals surface area contributed by atoms with Crippen molar-refractivity contribution in [1.82, 2.24) is 20.5 Å². The summed E-state index contributed by atoms with van der Waals surface area (Å²) < 4.78 is 0. The average Bonchev–Trinajstić information content (AvgIpc) is 2.97. The van der Waals surface area contributed by atoms with E-state index in [4.69, 9.17) is 0 Å². The highest BCUT2D eigenvalue weighted by Gasteiger charge is 2.42. The van der Waals surface area contributed by atoms with Gasteiger partial charge in [0, 0.05) is 31.6 Å². The first-order valence-electron chi connectivity index (χ1n) is 11.6. The molecule has 0 radical (unpaired) electrons. The number of hydrogen-bond donors (Lipinski definition) is 3. The second-order valence-electron chi connectivity index (χ2n) is 9.01. The summed E-state index contributed by atoms with van der Waals surface area (Å²) in [5.74, 6) is 0.0813. The Balaban J connectivity index is 1.36. The normalized spacial score (nSPS) is 21.9. The largest absolute Gasteiger partial charge is 0.352 e. The lowest BCUT2D eigenvalue weighted by Gasteiger charge is -2.39. The van der Waals surface area contributed by atoms with Crippen LogP contribution in [0, 0.1) is 0 Å². The Bertz CT molecular complexity index is 1030. The molecule has 3 amide bonds. The Labute approximate surface area is 194 Å². The van der Waals surface area contributed by atoms with E-state index in [1.54, 1.807) is 30.2 Å². The van der Waals surface area contributed by atoms with Gasteiger partial charge in [-0.1, -0.05) is 30.3 Å². The van der Waals surface area contributed by atoms with Crippen molar-refractivity contribution in [1.29, 1.82) is 0 Å². The number of aromatic nitrogens is 1. The Kier molecular flexibility index (Phi) is 6.62. The van der Waals surface area contributed by atoms with Crippen molar-refractivity contribution in [2.45, 2.75) is 63.7 Å². The van der Waals surface area contributed by atoms with Crippen LogP contribution in [0.2, 0.25) is 0 Å². The second-order valence-corrected chi connectivity index (χ2v) is 9.01. The molecule has 3 atom stereocenters. The van der Waals surface area contributed by atoms with Crippen LogP contribution >= 0.6 is 0 Å². The molecule has 174 valence electrons.